The maximum absolute atomic E-state index is 10.7. The van der Waals surface area contributed by atoms with Crippen LogP contribution in [-0.4, -0.2) is 11.5 Å². The molecule has 5 nitrogen and oxygen atoms in total. The van der Waals surface area contributed by atoms with Crippen LogP contribution in [0.2, 0.25) is 0 Å². The van der Waals surface area contributed by atoms with Gasteiger partial charge in [-0.05, 0) is 47.9 Å². The minimum absolute atomic E-state index is 0.000928. The van der Waals surface area contributed by atoms with Crippen LogP contribution in [0.1, 0.15) is 24.5 Å². The highest BCUT2D eigenvalue weighted by atomic mass is 16.6. The molecule has 2 aromatic carbocycles. The van der Waals surface area contributed by atoms with Gasteiger partial charge >= 0.3 is 0 Å². The lowest BCUT2D eigenvalue weighted by atomic mass is 10.0. The van der Waals surface area contributed by atoms with Gasteiger partial charge in [-0.1, -0.05) is 19.1 Å². The molecule has 0 heterocycles. The molecular weight excluding hydrogens is 292 g/mol. The molecule has 116 valence electrons. The summed E-state index contributed by atoms with van der Waals surface area (Å²) in [6.45, 7) is 2.67. The first-order valence-electron chi connectivity index (χ1n) is 7.23. The first-order chi connectivity index (χ1) is 11.1. The van der Waals surface area contributed by atoms with Crippen molar-refractivity contribution in [1.82, 2.24) is 0 Å². The van der Waals surface area contributed by atoms with Gasteiger partial charge in [0.15, 0.2) is 0 Å². The highest BCUT2D eigenvalue weighted by Crippen LogP contribution is 2.22. The van der Waals surface area contributed by atoms with Gasteiger partial charge in [0.2, 0.25) is 0 Å². The summed E-state index contributed by atoms with van der Waals surface area (Å²) in [6.07, 6.45) is 2.66. The average molecular weight is 308 g/mol. The van der Waals surface area contributed by atoms with Gasteiger partial charge in [0.25, 0.3) is 5.69 Å². The van der Waals surface area contributed by atoms with Crippen LogP contribution in [-0.2, 0) is 0 Å². The maximum atomic E-state index is 10.7. The second-order valence-electron chi connectivity index (χ2n) is 4.89. The summed E-state index contributed by atoms with van der Waals surface area (Å²) in [5.74, 6) is 0.751. The lowest BCUT2D eigenvalue weighted by molar-refractivity contribution is -0.384. The molecule has 0 aliphatic heterocycles. The van der Waals surface area contributed by atoms with Crippen molar-refractivity contribution in [3.8, 4) is 11.8 Å². The molecule has 2 aromatic rings. The predicted octanol–water partition coefficient (Wildman–Crippen LogP) is 4.45. The van der Waals surface area contributed by atoms with Crippen LogP contribution in [0.3, 0.4) is 0 Å². The predicted molar refractivity (Wildman–Crippen MR) is 88.8 cm³/mol. The van der Waals surface area contributed by atoms with Crippen LogP contribution in [0.5, 0.6) is 5.75 Å². The number of rotatable bonds is 6. The van der Waals surface area contributed by atoms with Crippen LogP contribution >= 0.6 is 0 Å². The maximum Gasteiger partial charge on any atom is 0.269 e. The molecule has 0 spiro atoms. The molecule has 0 aromatic heterocycles. The zero-order valence-corrected chi connectivity index (χ0v) is 12.7. The third-order valence-electron chi connectivity index (χ3n) is 3.15. The molecule has 0 fully saturated rings. The lowest BCUT2D eigenvalue weighted by Gasteiger charge is -2.05. The lowest BCUT2D eigenvalue weighted by Crippen LogP contribution is -1.94. The van der Waals surface area contributed by atoms with Crippen molar-refractivity contribution in [1.29, 1.82) is 5.26 Å². The van der Waals surface area contributed by atoms with Crippen molar-refractivity contribution >= 4 is 17.3 Å². The molecule has 0 saturated carbocycles. The minimum atomic E-state index is -0.464. The van der Waals surface area contributed by atoms with Crippen molar-refractivity contribution in [3.05, 3.63) is 69.8 Å². The molecule has 2 rings (SSSR count). The molecule has 0 amide bonds. The van der Waals surface area contributed by atoms with Gasteiger partial charge in [0.05, 0.1) is 23.2 Å². The number of nitro benzene ring substituents is 1. The van der Waals surface area contributed by atoms with Crippen LogP contribution in [0.4, 0.5) is 5.69 Å². The number of nitrogens with zero attached hydrogens (tertiary/aromatic N) is 2. The molecule has 0 N–H and O–H groups in total. The monoisotopic (exact) mass is 308 g/mol. The Hall–Kier alpha value is -3.13. The average Bonchev–Trinajstić information content (AvgIpc) is 2.58. The Kier molecular flexibility index (Phi) is 5.48. The van der Waals surface area contributed by atoms with E-state index in [1.54, 1.807) is 18.2 Å². The van der Waals surface area contributed by atoms with E-state index in [0.29, 0.717) is 17.7 Å². The number of nitriles is 1. The Bertz CT molecular complexity index is 759. The smallest absolute Gasteiger partial charge is 0.269 e. The van der Waals surface area contributed by atoms with E-state index in [4.69, 9.17) is 4.74 Å². The molecule has 0 radical (unpaired) electrons. The van der Waals surface area contributed by atoms with E-state index in [2.05, 4.69) is 6.07 Å². The number of nitro groups is 1. The molecule has 0 atom stereocenters. The zero-order chi connectivity index (χ0) is 16.7. The highest BCUT2D eigenvalue weighted by Gasteiger charge is 2.07. The van der Waals surface area contributed by atoms with E-state index in [9.17, 15) is 15.4 Å². The standard InChI is InChI=1S/C18H16N2O3/c1-2-10-23-18-5-3-4-14(12-18)11-16(13-19)15-6-8-17(9-7-15)20(21)22/h3-9,11-12H,2,10H2,1H3/b16-11+. The highest BCUT2D eigenvalue weighted by molar-refractivity contribution is 5.89. The van der Waals surface area contributed by atoms with Crippen molar-refractivity contribution < 1.29 is 9.66 Å². The number of non-ortho nitro benzene ring substituents is 1. The summed E-state index contributed by atoms with van der Waals surface area (Å²) in [7, 11) is 0. The molecule has 0 bridgehead atoms. The van der Waals surface area contributed by atoms with Gasteiger partial charge in [-0.3, -0.25) is 10.1 Å². The summed E-state index contributed by atoms with van der Waals surface area (Å²) in [5.41, 5.74) is 1.92. The minimum Gasteiger partial charge on any atom is -0.494 e. The Balaban J connectivity index is 2.28. The largest absolute Gasteiger partial charge is 0.494 e. The van der Waals surface area contributed by atoms with E-state index in [1.165, 1.54) is 12.1 Å². The first kappa shape index (κ1) is 16.2. The normalized spacial score (nSPS) is 10.9. The second-order valence-corrected chi connectivity index (χ2v) is 4.89. The fourth-order valence-electron chi connectivity index (χ4n) is 2.02. The zero-order valence-electron chi connectivity index (χ0n) is 12.7. The van der Waals surface area contributed by atoms with Gasteiger partial charge in [-0.15, -0.1) is 0 Å². The third kappa shape index (κ3) is 4.42. The van der Waals surface area contributed by atoms with Crippen LogP contribution < -0.4 is 4.74 Å². The number of hydrogen-bond donors (Lipinski definition) is 0. The van der Waals surface area contributed by atoms with Crippen molar-refractivity contribution in [2.24, 2.45) is 0 Å². The SMILES string of the molecule is CCCOc1cccc(/C=C(\C#N)c2ccc([N+](=O)[O-])cc2)c1. The van der Waals surface area contributed by atoms with Gasteiger partial charge in [-0.25, -0.2) is 0 Å². The number of allylic oxidation sites excluding steroid dienone is 1. The van der Waals surface area contributed by atoms with Crippen molar-refractivity contribution in [3.63, 3.8) is 0 Å². The van der Waals surface area contributed by atoms with Crippen LogP contribution in [0, 0.1) is 21.4 Å². The summed E-state index contributed by atoms with van der Waals surface area (Å²) in [5, 5.41) is 20.0. The fraction of sp³-hybridized carbons (Fsp3) is 0.167. The van der Waals surface area contributed by atoms with E-state index < -0.39 is 4.92 Å². The van der Waals surface area contributed by atoms with Crippen LogP contribution in [0.15, 0.2) is 48.5 Å². The quantitative estimate of drug-likeness (QED) is 0.342. The van der Waals surface area contributed by atoms with Crippen molar-refractivity contribution in [2.75, 3.05) is 6.61 Å². The Morgan fingerprint density at radius 3 is 2.65 bits per heavy atom. The first-order valence-corrected chi connectivity index (χ1v) is 7.23. The molecule has 0 unspecified atom stereocenters. The Morgan fingerprint density at radius 1 is 1.30 bits per heavy atom. The van der Waals surface area contributed by atoms with Crippen molar-refractivity contribution in [2.45, 2.75) is 13.3 Å². The molecule has 0 aliphatic carbocycles. The Morgan fingerprint density at radius 2 is 2.04 bits per heavy atom. The summed E-state index contributed by atoms with van der Waals surface area (Å²) >= 11 is 0. The molecule has 23 heavy (non-hydrogen) atoms. The molecule has 0 aliphatic rings. The Labute approximate surface area is 134 Å². The molecule has 0 saturated heterocycles. The van der Waals surface area contributed by atoms with Gasteiger partial charge in [-0.2, -0.15) is 5.26 Å². The molecular formula is C18H16N2O3. The third-order valence-corrected chi connectivity index (χ3v) is 3.15. The summed E-state index contributed by atoms with van der Waals surface area (Å²) in [6, 6.07) is 15.5. The number of ether oxygens (including phenoxy) is 1. The van der Waals surface area contributed by atoms with E-state index >= 15 is 0 Å². The van der Waals surface area contributed by atoms with E-state index in [-0.39, 0.29) is 5.69 Å². The van der Waals surface area contributed by atoms with Crippen LogP contribution in [0.25, 0.3) is 11.6 Å². The summed E-state index contributed by atoms with van der Waals surface area (Å²) in [4.78, 5) is 10.2. The van der Waals surface area contributed by atoms with Gasteiger partial charge < -0.3 is 4.74 Å². The second kappa shape index (κ2) is 7.76. The number of hydrogen-bond acceptors (Lipinski definition) is 4. The number of benzene rings is 2. The van der Waals surface area contributed by atoms with Gasteiger partial charge in [0.1, 0.15) is 5.75 Å². The fourth-order valence-corrected chi connectivity index (χ4v) is 2.02. The van der Waals surface area contributed by atoms with Gasteiger partial charge in [0, 0.05) is 12.1 Å². The summed E-state index contributed by atoms with van der Waals surface area (Å²) < 4.78 is 5.57. The topological polar surface area (TPSA) is 76.2 Å². The molecule has 5 heteroatoms. The van der Waals surface area contributed by atoms with E-state index in [0.717, 1.165) is 17.7 Å². The van der Waals surface area contributed by atoms with E-state index in [1.807, 2.05) is 31.2 Å².